The van der Waals surface area contributed by atoms with E-state index in [2.05, 4.69) is 0 Å². The number of carbonyl (C=O) groups excluding carboxylic acids is 1. The van der Waals surface area contributed by atoms with E-state index in [4.69, 9.17) is 42.1 Å². The SMILES string of the molecule is CN(CCOCCOCCOCCOCCOCCOCCOCCOS(=O)(=O)c1ccccc1)C(=O)OC(C)(C)C. The molecule has 0 aromatic heterocycles. The van der Waals surface area contributed by atoms with Crippen molar-refractivity contribution in [3.05, 3.63) is 30.3 Å². The molecule has 0 N–H and O–H groups in total. The molecule has 0 heterocycles. The molecule has 0 unspecified atom stereocenters. The van der Waals surface area contributed by atoms with Crippen molar-refractivity contribution in [3.8, 4) is 0 Å². The summed E-state index contributed by atoms with van der Waals surface area (Å²) in [5.41, 5.74) is -0.517. The van der Waals surface area contributed by atoms with Gasteiger partial charge in [0.1, 0.15) is 5.60 Å². The predicted molar refractivity (Wildman–Crippen MR) is 154 cm³/mol. The van der Waals surface area contributed by atoms with E-state index < -0.39 is 15.7 Å². The molecular weight excluding hydrogens is 574 g/mol. The van der Waals surface area contributed by atoms with Gasteiger partial charge in [0.15, 0.2) is 0 Å². The zero-order valence-electron chi connectivity index (χ0n) is 25.5. The van der Waals surface area contributed by atoms with E-state index in [1.165, 1.54) is 17.0 Å². The molecule has 0 saturated carbocycles. The van der Waals surface area contributed by atoms with E-state index in [0.29, 0.717) is 92.4 Å². The Kier molecular flexibility index (Phi) is 21.4. The normalized spacial score (nSPS) is 12.0. The smallest absolute Gasteiger partial charge is 0.410 e. The summed E-state index contributed by atoms with van der Waals surface area (Å²) in [6.07, 6.45) is -0.373. The summed E-state index contributed by atoms with van der Waals surface area (Å²) in [6, 6.07) is 7.96. The number of likely N-dealkylation sites (N-methyl/N-ethyl adjacent to an activating group) is 1. The first-order chi connectivity index (χ1) is 20.1. The largest absolute Gasteiger partial charge is 0.444 e. The number of amides is 1. The summed E-state index contributed by atoms with van der Waals surface area (Å²) in [5, 5.41) is 0. The van der Waals surface area contributed by atoms with Crippen LogP contribution in [0.25, 0.3) is 0 Å². The molecule has 42 heavy (non-hydrogen) atoms. The number of nitrogens with zero attached hydrogens (tertiary/aromatic N) is 1. The molecule has 1 aromatic rings. The first kappa shape index (κ1) is 38.1. The highest BCUT2D eigenvalue weighted by molar-refractivity contribution is 7.86. The lowest BCUT2D eigenvalue weighted by Gasteiger charge is -2.24. The van der Waals surface area contributed by atoms with Gasteiger partial charge in [0.25, 0.3) is 10.1 Å². The Morgan fingerprint density at radius 2 is 0.976 bits per heavy atom. The average Bonchev–Trinajstić information content (AvgIpc) is 2.94. The van der Waals surface area contributed by atoms with E-state index in [0.717, 1.165) is 0 Å². The summed E-state index contributed by atoms with van der Waals surface area (Å²) in [7, 11) is -2.09. The highest BCUT2D eigenvalue weighted by Gasteiger charge is 2.19. The van der Waals surface area contributed by atoms with Gasteiger partial charge in [-0.25, -0.2) is 4.79 Å². The van der Waals surface area contributed by atoms with Crippen LogP contribution in [-0.2, 0) is 52.2 Å². The molecule has 244 valence electrons. The Bertz CT molecular complexity index is 896. The average molecular weight is 624 g/mol. The molecule has 0 spiro atoms. The molecule has 0 aliphatic heterocycles. The molecule has 1 aromatic carbocycles. The molecule has 0 atom stereocenters. The molecular formula is C28H49NO12S. The Morgan fingerprint density at radius 3 is 1.36 bits per heavy atom. The quantitative estimate of drug-likeness (QED) is 0.111. The van der Waals surface area contributed by atoms with Gasteiger partial charge in [0.05, 0.1) is 104 Å². The lowest BCUT2D eigenvalue weighted by molar-refractivity contribution is -0.0218. The number of benzene rings is 1. The molecule has 14 heteroatoms. The van der Waals surface area contributed by atoms with Gasteiger partial charge in [0, 0.05) is 13.6 Å². The van der Waals surface area contributed by atoms with Crippen molar-refractivity contribution in [2.75, 3.05) is 113 Å². The zero-order chi connectivity index (χ0) is 30.9. The van der Waals surface area contributed by atoms with Gasteiger partial charge in [-0.1, -0.05) is 18.2 Å². The van der Waals surface area contributed by atoms with Crippen molar-refractivity contribution < 1.29 is 55.3 Å². The second-order valence-corrected chi connectivity index (χ2v) is 11.4. The van der Waals surface area contributed by atoms with Crippen LogP contribution in [0.5, 0.6) is 0 Å². The number of ether oxygens (including phenoxy) is 8. The number of carbonyl (C=O) groups is 1. The summed E-state index contributed by atoms with van der Waals surface area (Å²) >= 11 is 0. The summed E-state index contributed by atoms with van der Waals surface area (Å²) in [5.74, 6) is 0. The fourth-order valence-electron chi connectivity index (χ4n) is 2.91. The summed E-state index contributed by atoms with van der Waals surface area (Å²) < 4.78 is 72.0. The molecule has 0 radical (unpaired) electrons. The van der Waals surface area contributed by atoms with E-state index in [-0.39, 0.29) is 24.2 Å². The van der Waals surface area contributed by atoms with Crippen molar-refractivity contribution in [2.24, 2.45) is 0 Å². The summed E-state index contributed by atoms with van der Waals surface area (Å²) in [4.78, 5) is 13.4. The molecule has 0 bridgehead atoms. The Labute approximate surface area is 250 Å². The van der Waals surface area contributed by atoms with Gasteiger partial charge in [0.2, 0.25) is 0 Å². The molecule has 13 nitrogen and oxygen atoms in total. The topological polar surface area (TPSA) is 138 Å². The fraction of sp³-hybridized carbons (Fsp3) is 0.750. The highest BCUT2D eigenvalue weighted by Crippen LogP contribution is 2.11. The minimum atomic E-state index is -3.76. The van der Waals surface area contributed by atoms with E-state index >= 15 is 0 Å². The van der Waals surface area contributed by atoms with Crippen LogP contribution in [0.1, 0.15) is 20.8 Å². The second kappa shape index (κ2) is 23.6. The summed E-state index contributed by atoms with van der Waals surface area (Å²) in [6.45, 7) is 11.6. The second-order valence-electron chi connectivity index (χ2n) is 9.78. The first-order valence-electron chi connectivity index (χ1n) is 14.0. The molecule has 1 rings (SSSR count). The highest BCUT2D eigenvalue weighted by atomic mass is 32.2. The molecule has 0 saturated heterocycles. The van der Waals surface area contributed by atoms with E-state index in [1.54, 1.807) is 25.2 Å². The first-order valence-corrected chi connectivity index (χ1v) is 15.5. The number of rotatable bonds is 26. The zero-order valence-corrected chi connectivity index (χ0v) is 26.3. The van der Waals surface area contributed by atoms with Crippen molar-refractivity contribution in [2.45, 2.75) is 31.3 Å². The van der Waals surface area contributed by atoms with Gasteiger partial charge in [-0.15, -0.1) is 0 Å². The lowest BCUT2D eigenvalue weighted by atomic mass is 10.2. The van der Waals surface area contributed by atoms with Gasteiger partial charge in [-0.2, -0.15) is 8.42 Å². The number of hydrogen-bond donors (Lipinski definition) is 0. The van der Waals surface area contributed by atoms with Crippen LogP contribution >= 0.6 is 0 Å². The fourth-order valence-corrected chi connectivity index (χ4v) is 3.83. The van der Waals surface area contributed by atoms with Gasteiger partial charge in [-0.05, 0) is 32.9 Å². The van der Waals surface area contributed by atoms with Crippen LogP contribution in [0.4, 0.5) is 4.79 Å². The van der Waals surface area contributed by atoms with Crippen molar-refractivity contribution in [1.82, 2.24) is 4.90 Å². The Hall–Kier alpha value is -1.88. The Morgan fingerprint density at radius 1 is 0.619 bits per heavy atom. The standard InChI is InChI=1S/C28H49NO12S/c1-28(2,3)41-27(30)29(4)10-11-33-12-13-34-14-15-35-16-17-36-18-19-37-20-21-38-22-23-39-24-25-40-42(31,32)26-8-6-5-7-9-26/h5-9H,10-25H2,1-4H3. The minimum absolute atomic E-state index is 0.0616. The third-order valence-electron chi connectivity index (χ3n) is 5.01. The van der Waals surface area contributed by atoms with Gasteiger partial charge >= 0.3 is 6.09 Å². The maximum absolute atomic E-state index is 11.9. The van der Waals surface area contributed by atoms with Crippen molar-refractivity contribution in [1.29, 1.82) is 0 Å². The molecule has 0 aliphatic rings. The van der Waals surface area contributed by atoms with Crippen LogP contribution in [-0.4, -0.2) is 138 Å². The monoisotopic (exact) mass is 623 g/mol. The van der Waals surface area contributed by atoms with E-state index in [1.807, 2.05) is 20.8 Å². The van der Waals surface area contributed by atoms with Gasteiger partial charge in [-0.3, -0.25) is 4.18 Å². The van der Waals surface area contributed by atoms with Crippen LogP contribution in [0.15, 0.2) is 35.2 Å². The number of hydrogen-bond acceptors (Lipinski definition) is 12. The van der Waals surface area contributed by atoms with E-state index in [9.17, 15) is 13.2 Å². The van der Waals surface area contributed by atoms with Crippen LogP contribution < -0.4 is 0 Å². The molecule has 0 aliphatic carbocycles. The third kappa shape index (κ3) is 21.8. The third-order valence-corrected chi connectivity index (χ3v) is 6.33. The lowest BCUT2D eigenvalue weighted by Crippen LogP contribution is -2.36. The maximum Gasteiger partial charge on any atom is 0.410 e. The molecule has 0 fully saturated rings. The molecule has 1 amide bonds. The van der Waals surface area contributed by atoms with Crippen molar-refractivity contribution >= 4 is 16.2 Å². The van der Waals surface area contributed by atoms with Crippen LogP contribution in [0.3, 0.4) is 0 Å². The van der Waals surface area contributed by atoms with Crippen LogP contribution in [0.2, 0.25) is 0 Å². The van der Waals surface area contributed by atoms with Crippen LogP contribution in [0, 0.1) is 0 Å². The van der Waals surface area contributed by atoms with Gasteiger partial charge < -0.3 is 42.8 Å². The maximum atomic E-state index is 11.9. The van der Waals surface area contributed by atoms with Crippen molar-refractivity contribution in [3.63, 3.8) is 0 Å². The minimum Gasteiger partial charge on any atom is -0.444 e. The Balaban J connectivity index is 1.75. The predicted octanol–water partition coefficient (Wildman–Crippen LogP) is 2.38.